The van der Waals surface area contributed by atoms with Crippen LogP contribution >= 0.6 is 0 Å². The molecule has 0 saturated carbocycles. The first-order valence-corrected chi connectivity index (χ1v) is 7.82. The molecule has 0 aliphatic rings. The normalized spacial score (nSPS) is 10.7. The van der Waals surface area contributed by atoms with Crippen molar-refractivity contribution in [3.63, 3.8) is 0 Å². The van der Waals surface area contributed by atoms with Crippen LogP contribution < -0.4 is 9.47 Å². The van der Waals surface area contributed by atoms with Gasteiger partial charge in [-0.2, -0.15) is 0 Å². The maximum Gasteiger partial charge on any atom is 0.269 e. The van der Waals surface area contributed by atoms with Gasteiger partial charge in [-0.05, 0) is 42.0 Å². The van der Waals surface area contributed by atoms with E-state index in [1.54, 1.807) is 43.5 Å². The Morgan fingerprint density at radius 3 is 2.42 bits per heavy atom. The van der Waals surface area contributed by atoms with Crippen molar-refractivity contribution < 1.29 is 23.9 Å². The molecule has 0 heterocycles. The molecule has 7 nitrogen and oxygen atoms in total. The van der Waals surface area contributed by atoms with Gasteiger partial charge in [0.05, 0.1) is 18.6 Å². The van der Waals surface area contributed by atoms with E-state index in [9.17, 15) is 14.9 Å². The van der Waals surface area contributed by atoms with Gasteiger partial charge in [0.2, 0.25) is 0 Å². The second-order valence-electron chi connectivity index (χ2n) is 5.25. The monoisotopic (exact) mass is 357 g/mol. The van der Waals surface area contributed by atoms with Gasteiger partial charge in [0.15, 0.2) is 17.3 Å². The lowest BCUT2D eigenvalue weighted by molar-refractivity contribution is -0.384. The van der Waals surface area contributed by atoms with Gasteiger partial charge in [-0.25, -0.2) is 0 Å². The lowest BCUT2D eigenvalue weighted by atomic mass is 10.1. The molecule has 0 amide bonds. The number of hydrogen-bond donors (Lipinski definition) is 0. The second-order valence-corrected chi connectivity index (χ2v) is 5.25. The Morgan fingerprint density at radius 1 is 1.08 bits per heavy atom. The van der Waals surface area contributed by atoms with Crippen LogP contribution in [-0.2, 0) is 4.74 Å². The number of benzene rings is 2. The minimum atomic E-state index is -0.471. The number of carbonyl (C=O) groups is 1. The molecule has 26 heavy (non-hydrogen) atoms. The van der Waals surface area contributed by atoms with Crippen molar-refractivity contribution in [3.8, 4) is 11.5 Å². The summed E-state index contributed by atoms with van der Waals surface area (Å²) < 4.78 is 15.7. The van der Waals surface area contributed by atoms with Crippen LogP contribution in [0.3, 0.4) is 0 Å². The molecule has 2 aromatic rings. The average Bonchev–Trinajstić information content (AvgIpc) is 2.66. The second kappa shape index (κ2) is 9.33. The van der Waals surface area contributed by atoms with Crippen molar-refractivity contribution in [1.82, 2.24) is 0 Å². The van der Waals surface area contributed by atoms with Crippen LogP contribution in [0.5, 0.6) is 11.5 Å². The van der Waals surface area contributed by atoms with Crippen LogP contribution in [0.25, 0.3) is 6.08 Å². The molecule has 0 spiro atoms. The summed E-state index contributed by atoms with van der Waals surface area (Å²) in [6.45, 7) is 0.821. The third-order valence-electron chi connectivity index (χ3n) is 3.52. The average molecular weight is 357 g/mol. The molecular formula is C19H19NO6. The number of nitro benzene ring substituents is 1. The Kier molecular flexibility index (Phi) is 6.87. The topological polar surface area (TPSA) is 87.9 Å². The van der Waals surface area contributed by atoms with Crippen molar-refractivity contribution in [1.29, 1.82) is 0 Å². The molecule has 0 atom stereocenters. The Morgan fingerprint density at radius 2 is 1.81 bits per heavy atom. The van der Waals surface area contributed by atoms with Crippen LogP contribution in [-0.4, -0.2) is 38.1 Å². The largest absolute Gasteiger partial charge is 0.493 e. The molecule has 2 aromatic carbocycles. The predicted molar refractivity (Wildman–Crippen MR) is 96.8 cm³/mol. The summed E-state index contributed by atoms with van der Waals surface area (Å²) in [6, 6.07) is 10.8. The number of rotatable bonds is 9. The van der Waals surface area contributed by atoms with Gasteiger partial charge in [-0.1, -0.05) is 6.08 Å². The molecule has 136 valence electrons. The molecule has 7 heteroatoms. The number of nitro groups is 1. The summed E-state index contributed by atoms with van der Waals surface area (Å²) >= 11 is 0. The fourth-order valence-corrected chi connectivity index (χ4v) is 2.15. The smallest absolute Gasteiger partial charge is 0.269 e. The molecule has 0 unspecified atom stereocenters. The Bertz CT molecular complexity index is 798. The zero-order chi connectivity index (χ0) is 18.9. The van der Waals surface area contributed by atoms with Crippen LogP contribution in [0.1, 0.15) is 15.9 Å². The molecular weight excluding hydrogens is 338 g/mol. The minimum Gasteiger partial charge on any atom is -0.493 e. The summed E-state index contributed by atoms with van der Waals surface area (Å²) in [7, 11) is 3.08. The fourth-order valence-electron chi connectivity index (χ4n) is 2.15. The van der Waals surface area contributed by atoms with Crippen LogP contribution in [0.15, 0.2) is 48.5 Å². The fraction of sp³-hybridized carbons (Fsp3) is 0.211. The van der Waals surface area contributed by atoms with Crippen molar-refractivity contribution in [3.05, 3.63) is 69.8 Å². The van der Waals surface area contributed by atoms with Gasteiger partial charge in [0.1, 0.15) is 6.61 Å². The zero-order valence-electron chi connectivity index (χ0n) is 14.5. The van der Waals surface area contributed by atoms with Crippen molar-refractivity contribution in [2.75, 3.05) is 27.4 Å². The summed E-state index contributed by atoms with van der Waals surface area (Å²) in [5, 5.41) is 10.6. The number of ether oxygens (including phenoxy) is 3. The van der Waals surface area contributed by atoms with E-state index in [1.165, 1.54) is 25.3 Å². The first-order valence-electron chi connectivity index (χ1n) is 7.82. The standard InChI is InChI=1S/C19H19NO6/c1-24-11-12-26-18-10-6-15(13-19(18)25-2)17(21)9-5-14-3-7-16(8-4-14)20(22)23/h3-10,13H,11-12H2,1-2H3/b9-5+. The predicted octanol–water partition coefficient (Wildman–Crippen LogP) is 3.52. The van der Waals surface area contributed by atoms with E-state index in [-0.39, 0.29) is 11.5 Å². The van der Waals surface area contributed by atoms with Gasteiger partial charge in [0, 0.05) is 24.8 Å². The molecule has 0 bridgehead atoms. The van der Waals surface area contributed by atoms with Gasteiger partial charge < -0.3 is 14.2 Å². The van der Waals surface area contributed by atoms with E-state index >= 15 is 0 Å². The maximum atomic E-state index is 12.3. The van der Waals surface area contributed by atoms with E-state index in [1.807, 2.05) is 0 Å². The van der Waals surface area contributed by atoms with Gasteiger partial charge >= 0.3 is 0 Å². The quantitative estimate of drug-likeness (QED) is 0.224. The van der Waals surface area contributed by atoms with Gasteiger partial charge in [-0.3, -0.25) is 14.9 Å². The first-order chi connectivity index (χ1) is 12.5. The highest BCUT2D eigenvalue weighted by atomic mass is 16.6. The lowest BCUT2D eigenvalue weighted by Gasteiger charge is -2.11. The highest BCUT2D eigenvalue weighted by molar-refractivity contribution is 6.07. The Hall–Kier alpha value is -3.19. The first kappa shape index (κ1) is 19.1. The molecule has 0 aromatic heterocycles. The molecule has 0 aliphatic heterocycles. The number of ketones is 1. The number of non-ortho nitro benzene ring substituents is 1. The van der Waals surface area contributed by atoms with E-state index in [0.29, 0.717) is 35.8 Å². The summed E-state index contributed by atoms with van der Waals surface area (Å²) in [6.07, 6.45) is 3.00. The van der Waals surface area contributed by atoms with Gasteiger partial charge in [0.25, 0.3) is 5.69 Å². The molecule has 0 radical (unpaired) electrons. The lowest BCUT2D eigenvalue weighted by Crippen LogP contribution is -2.06. The van der Waals surface area contributed by atoms with Crippen molar-refractivity contribution in [2.24, 2.45) is 0 Å². The number of allylic oxidation sites excluding steroid dienone is 1. The Balaban J connectivity index is 2.09. The van der Waals surface area contributed by atoms with Crippen molar-refractivity contribution in [2.45, 2.75) is 0 Å². The van der Waals surface area contributed by atoms with E-state index < -0.39 is 4.92 Å². The third-order valence-corrected chi connectivity index (χ3v) is 3.52. The zero-order valence-corrected chi connectivity index (χ0v) is 14.5. The number of methoxy groups -OCH3 is 2. The Labute approximate surface area is 151 Å². The van der Waals surface area contributed by atoms with E-state index in [2.05, 4.69) is 0 Å². The van der Waals surface area contributed by atoms with Gasteiger partial charge in [-0.15, -0.1) is 0 Å². The summed E-state index contributed by atoms with van der Waals surface area (Å²) in [5.74, 6) is 0.765. The maximum absolute atomic E-state index is 12.3. The highest BCUT2D eigenvalue weighted by Crippen LogP contribution is 2.28. The molecule has 0 N–H and O–H groups in total. The molecule has 0 fully saturated rings. The molecule has 0 aliphatic carbocycles. The third kappa shape index (κ3) is 5.15. The van der Waals surface area contributed by atoms with E-state index in [0.717, 1.165) is 0 Å². The van der Waals surface area contributed by atoms with E-state index in [4.69, 9.17) is 14.2 Å². The SMILES string of the molecule is COCCOc1ccc(C(=O)/C=C/c2ccc([N+](=O)[O-])cc2)cc1OC. The van der Waals surface area contributed by atoms with Crippen LogP contribution in [0, 0.1) is 10.1 Å². The van der Waals surface area contributed by atoms with Crippen LogP contribution in [0.4, 0.5) is 5.69 Å². The number of nitrogens with zero attached hydrogens (tertiary/aromatic N) is 1. The summed E-state index contributed by atoms with van der Waals surface area (Å²) in [4.78, 5) is 22.5. The minimum absolute atomic E-state index is 0.00211. The molecule has 2 rings (SSSR count). The number of hydrogen-bond acceptors (Lipinski definition) is 6. The van der Waals surface area contributed by atoms with Crippen molar-refractivity contribution >= 4 is 17.5 Å². The highest BCUT2D eigenvalue weighted by Gasteiger charge is 2.10. The molecule has 0 saturated heterocycles. The summed E-state index contributed by atoms with van der Waals surface area (Å²) in [5.41, 5.74) is 1.14. The van der Waals surface area contributed by atoms with Crippen LogP contribution in [0.2, 0.25) is 0 Å². The number of carbonyl (C=O) groups excluding carboxylic acids is 1.